The van der Waals surface area contributed by atoms with Crippen LogP contribution in [0.15, 0.2) is 47.7 Å². The lowest BCUT2D eigenvalue weighted by Crippen LogP contribution is -1.72. The predicted molar refractivity (Wildman–Crippen MR) is 49.5 cm³/mol. The Morgan fingerprint density at radius 2 is 2.25 bits per heavy atom. The van der Waals surface area contributed by atoms with Crippen molar-refractivity contribution in [2.75, 3.05) is 0 Å². The molecule has 0 N–H and O–H groups in total. The van der Waals surface area contributed by atoms with E-state index in [9.17, 15) is 0 Å². The molecule has 1 heterocycles. The molecule has 2 nitrogen and oxygen atoms in total. The Labute approximate surface area is 71.9 Å². The fraction of sp³-hybridized carbons (Fsp3) is 0.100. The summed E-state index contributed by atoms with van der Waals surface area (Å²) in [4.78, 5) is 0. The van der Waals surface area contributed by atoms with E-state index >= 15 is 0 Å². The van der Waals surface area contributed by atoms with Crippen LogP contribution < -0.4 is 0 Å². The lowest BCUT2D eigenvalue weighted by atomic mass is 10.2. The normalized spacial score (nSPS) is 10.4. The molecule has 1 aromatic rings. The highest BCUT2D eigenvalue weighted by Crippen LogP contribution is 2.12. The lowest BCUT2D eigenvalue weighted by Gasteiger charge is -1.91. The minimum Gasteiger partial charge on any atom is -0.356 e. The molecular formula is C10H11NO. The molecular weight excluding hydrogens is 150 g/mol. The van der Waals surface area contributed by atoms with E-state index in [1.54, 1.807) is 12.3 Å². The summed E-state index contributed by atoms with van der Waals surface area (Å²) in [5.74, 6) is 0.688. The van der Waals surface area contributed by atoms with E-state index in [4.69, 9.17) is 4.52 Å². The predicted octanol–water partition coefficient (Wildman–Crippen LogP) is 2.82. The van der Waals surface area contributed by atoms with E-state index in [1.807, 2.05) is 19.1 Å². The van der Waals surface area contributed by atoms with Crippen LogP contribution in [0, 0.1) is 0 Å². The molecule has 0 fully saturated rings. The first-order chi connectivity index (χ1) is 5.70. The molecule has 0 aliphatic heterocycles. The van der Waals surface area contributed by atoms with Crippen LogP contribution in [0.3, 0.4) is 0 Å². The highest BCUT2D eigenvalue weighted by atomic mass is 16.5. The zero-order chi connectivity index (χ0) is 8.97. The number of aromatic nitrogens is 1. The molecule has 1 rings (SSSR count). The van der Waals surface area contributed by atoms with Gasteiger partial charge in [0.25, 0.3) is 0 Å². The molecule has 0 aliphatic rings. The third kappa shape index (κ3) is 2.23. The first kappa shape index (κ1) is 8.53. The largest absolute Gasteiger partial charge is 0.356 e. The zero-order valence-corrected chi connectivity index (χ0v) is 7.08. The fourth-order valence-electron chi connectivity index (χ4n) is 0.706. The molecule has 0 saturated heterocycles. The molecule has 2 heteroatoms. The maximum Gasteiger partial charge on any atom is 0.166 e. The Bertz CT molecular complexity index is 307. The monoisotopic (exact) mass is 161 g/mol. The molecule has 0 bridgehead atoms. The fourth-order valence-corrected chi connectivity index (χ4v) is 0.706. The van der Waals surface area contributed by atoms with Crippen LogP contribution in [-0.2, 0) is 0 Å². The number of hydrogen-bond donors (Lipinski definition) is 0. The van der Waals surface area contributed by atoms with Gasteiger partial charge in [-0.15, -0.1) is 0 Å². The van der Waals surface area contributed by atoms with Gasteiger partial charge in [-0.05, 0) is 6.92 Å². The van der Waals surface area contributed by atoms with Crippen LogP contribution in [0.2, 0.25) is 0 Å². The van der Waals surface area contributed by atoms with E-state index in [1.165, 1.54) is 0 Å². The minimum absolute atomic E-state index is 0.688. The molecule has 1 aromatic heterocycles. The highest BCUT2D eigenvalue weighted by molar-refractivity contribution is 5.68. The summed E-state index contributed by atoms with van der Waals surface area (Å²) in [5.41, 5.74) is 1.78. The van der Waals surface area contributed by atoms with Crippen molar-refractivity contribution < 1.29 is 4.52 Å². The van der Waals surface area contributed by atoms with Gasteiger partial charge in [0.05, 0.1) is 6.20 Å². The average Bonchev–Trinajstić information content (AvgIpc) is 2.51. The second kappa shape index (κ2) is 3.72. The van der Waals surface area contributed by atoms with Gasteiger partial charge >= 0.3 is 0 Å². The maximum absolute atomic E-state index is 4.90. The summed E-state index contributed by atoms with van der Waals surface area (Å²) < 4.78 is 4.90. The Kier molecular flexibility index (Phi) is 2.64. The Hall–Kier alpha value is -1.57. The number of hydrogen-bond acceptors (Lipinski definition) is 2. The van der Waals surface area contributed by atoms with Crippen LogP contribution in [0.5, 0.6) is 0 Å². The van der Waals surface area contributed by atoms with Gasteiger partial charge in [-0.1, -0.05) is 36.0 Å². The topological polar surface area (TPSA) is 26.0 Å². The summed E-state index contributed by atoms with van der Waals surface area (Å²) in [6, 6.07) is 1.77. The van der Waals surface area contributed by atoms with Crippen molar-refractivity contribution in [3.63, 3.8) is 0 Å². The van der Waals surface area contributed by atoms with Gasteiger partial charge in [-0.3, -0.25) is 0 Å². The first-order valence-electron chi connectivity index (χ1n) is 3.63. The van der Waals surface area contributed by atoms with Gasteiger partial charge in [-0.25, -0.2) is 0 Å². The molecule has 0 spiro atoms. The summed E-state index contributed by atoms with van der Waals surface area (Å²) in [7, 11) is 0. The van der Waals surface area contributed by atoms with Gasteiger partial charge in [0.15, 0.2) is 5.76 Å². The number of allylic oxidation sites excluding steroid dienone is 4. The summed E-state index contributed by atoms with van der Waals surface area (Å²) >= 11 is 0. The first-order valence-corrected chi connectivity index (χ1v) is 3.63. The SMILES string of the molecule is C=C(C)/C=C\C(=C)c1ccno1. The van der Waals surface area contributed by atoms with Gasteiger partial charge in [0.1, 0.15) is 0 Å². The van der Waals surface area contributed by atoms with Gasteiger partial charge in [0.2, 0.25) is 0 Å². The van der Waals surface area contributed by atoms with Crippen LogP contribution in [0.25, 0.3) is 5.57 Å². The van der Waals surface area contributed by atoms with Crippen LogP contribution in [0.4, 0.5) is 0 Å². The van der Waals surface area contributed by atoms with Gasteiger partial charge in [-0.2, -0.15) is 0 Å². The average molecular weight is 161 g/mol. The second-order valence-corrected chi connectivity index (χ2v) is 2.58. The Morgan fingerprint density at radius 1 is 1.50 bits per heavy atom. The maximum atomic E-state index is 4.90. The molecule has 62 valence electrons. The summed E-state index contributed by atoms with van der Waals surface area (Å²) in [6.07, 6.45) is 5.32. The molecule has 0 aliphatic carbocycles. The van der Waals surface area contributed by atoms with Crippen molar-refractivity contribution in [2.24, 2.45) is 0 Å². The molecule has 0 aromatic carbocycles. The quantitative estimate of drug-likeness (QED) is 0.637. The van der Waals surface area contributed by atoms with Crippen LogP contribution in [-0.4, -0.2) is 5.16 Å². The molecule has 0 amide bonds. The smallest absolute Gasteiger partial charge is 0.166 e. The highest BCUT2D eigenvalue weighted by Gasteiger charge is 1.97. The Balaban J connectivity index is 2.68. The zero-order valence-electron chi connectivity index (χ0n) is 7.08. The van der Waals surface area contributed by atoms with Crippen LogP contribution in [0.1, 0.15) is 12.7 Å². The van der Waals surface area contributed by atoms with Gasteiger partial charge in [0, 0.05) is 11.6 Å². The van der Waals surface area contributed by atoms with Crippen molar-refractivity contribution in [1.29, 1.82) is 0 Å². The van der Waals surface area contributed by atoms with Crippen molar-refractivity contribution in [1.82, 2.24) is 5.16 Å². The van der Waals surface area contributed by atoms with Crippen molar-refractivity contribution in [3.05, 3.63) is 48.9 Å². The molecule has 12 heavy (non-hydrogen) atoms. The van der Waals surface area contributed by atoms with E-state index in [2.05, 4.69) is 18.3 Å². The molecule has 0 atom stereocenters. The minimum atomic E-state index is 0.688. The Morgan fingerprint density at radius 3 is 2.75 bits per heavy atom. The third-order valence-electron chi connectivity index (χ3n) is 1.32. The van der Waals surface area contributed by atoms with E-state index in [-0.39, 0.29) is 0 Å². The number of rotatable bonds is 3. The van der Waals surface area contributed by atoms with Crippen molar-refractivity contribution in [3.8, 4) is 0 Å². The van der Waals surface area contributed by atoms with E-state index in [0.29, 0.717) is 5.76 Å². The van der Waals surface area contributed by atoms with Crippen molar-refractivity contribution >= 4 is 5.57 Å². The van der Waals surface area contributed by atoms with Crippen LogP contribution >= 0.6 is 0 Å². The molecule has 0 unspecified atom stereocenters. The lowest BCUT2D eigenvalue weighted by molar-refractivity contribution is 0.411. The number of nitrogens with zero attached hydrogens (tertiary/aromatic N) is 1. The third-order valence-corrected chi connectivity index (χ3v) is 1.32. The molecule has 0 saturated carbocycles. The second-order valence-electron chi connectivity index (χ2n) is 2.58. The summed E-state index contributed by atoms with van der Waals surface area (Å²) in [6.45, 7) is 9.46. The standard InChI is InChI=1S/C10H11NO/c1-8(2)4-5-9(3)10-6-7-11-12-10/h4-7H,1,3H2,2H3/b5-4-. The van der Waals surface area contributed by atoms with E-state index < -0.39 is 0 Å². The van der Waals surface area contributed by atoms with Gasteiger partial charge < -0.3 is 4.52 Å². The van der Waals surface area contributed by atoms with E-state index in [0.717, 1.165) is 11.1 Å². The van der Waals surface area contributed by atoms with Crippen molar-refractivity contribution in [2.45, 2.75) is 6.92 Å². The summed E-state index contributed by atoms with van der Waals surface area (Å²) in [5, 5.41) is 3.58. The molecule has 0 radical (unpaired) electrons.